The highest BCUT2D eigenvalue weighted by Gasteiger charge is 2.28. The Bertz CT molecular complexity index is 625. The summed E-state index contributed by atoms with van der Waals surface area (Å²) in [6, 6.07) is 7.97. The minimum absolute atomic E-state index is 0.163. The number of aliphatic hydroxyl groups is 1. The lowest BCUT2D eigenvalue weighted by Gasteiger charge is -2.35. The Balaban J connectivity index is 2.03. The van der Waals surface area contributed by atoms with E-state index >= 15 is 0 Å². The lowest BCUT2D eigenvalue weighted by atomic mass is 9.94. The van der Waals surface area contributed by atoms with Gasteiger partial charge in [-0.25, -0.2) is 8.42 Å². The zero-order valence-electron chi connectivity index (χ0n) is 11.9. The average molecular weight is 309 g/mol. The predicted octanol–water partition coefficient (Wildman–Crippen LogP) is 1.35. The number of hydrogen-bond acceptors (Lipinski definition) is 4. The van der Waals surface area contributed by atoms with Crippen molar-refractivity contribution in [3.63, 3.8) is 0 Å². The third-order valence-corrected chi connectivity index (χ3v) is 5.04. The maximum Gasteiger partial charge on any atom is 0.247 e. The van der Waals surface area contributed by atoms with Crippen molar-refractivity contribution in [2.24, 2.45) is 0 Å². The normalized spacial score (nSPS) is 18.9. The maximum absolute atomic E-state index is 12.0. The van der Waals surface area contributed by atoms with Crippen LogP contribution in [0.2, 0.25) is 0 Å². The molecule has 1 aliphatic heterocycles. The number of carbonyl (C=O) groups is 1. The SMILES string of the molecule is CC1(O)CCN(C(=O)/C=C/S(=O)(=O)c2ccccc2)CC1. The minimum atomic E-state index is -3.59. The molecule has 0 aliphatic carbocycles. The van der Waals surface area contributed by atoms with Gasteiger partial charge in [0.05, 0.1) is 10.5 Å². The van der Waals surface area contributed by atoms with Gasteiger partial charge in [0.25, 0.3) is 0 Å². The fraction of sp³-hybridized carbons (Fsp3) is 0.400. The molecule has 0 atom stereocenters. The molecule has 1 aromatic rings. The summed E-state index contributed by atoms with van der Waals surface area (Å²) in [4.78, 5) is 13.7. The molecule has 21 heavy (non-hydrogen) atoms. The van der Waals surface area contributed by atoms with Crippen LogP contribution in [0.15, 0.2) is 46.7 Å². The summed E-state index contributed by atoms with van der Waals surface area (Å²) < 4.78 is 24.0. The van der Waals surface area contributed by atoms with E-state index in [9.17, 15) is 18.3 Å². The molecule has 0 unspecified atom stereocenters. The Labute approximate surface area is 124 Å². The van der Waals surface area contributed by atoms with Crippen molar-refractivity contribution in [1.82, 2.24) is 4.90 Å². The Morgan fingerprint density at radius 1 is 1.24 bits per heavy atom. The Kier molecular flexibility index (Phi) is 4.49. The quantitative estimate of drug-likeness (QED) is 0.855. The van der Waals surface area contributed by atoms with Crippen LogP contribution in [0.1, 0.15) is 19.8 Å². The molecule has 0 radical (unpaired) electrons. The van der Waals surface area contributed by atoms with E-state index in [-0.39, 0.29) is 10.8 Å². The lowest BCUT2D eigenvalue weighted by molar-refractivity contribution is -0.129. The molecule has 0 bridgehead atoms. The third-order valence-electron chi connectivity index (χ3n) is 3.61. The summed E-state index contributed by atoms with van der Waals surface area (Å²) in [7, 11) is -3.59. The molecular weight excluding hydrogens is 290 g/mol. The van der Waals surface area contributed by atoms with E-state index in [4.69, 9.17) is 0 Å². The number of likely N-dealkylation sites (tertiary alicyclic amines) is 1. The second kappa shape index (κ2) is 5.99. The Morgan fingerprint density at radius 2 is 1.81 bits per heavy atom. The van der Waals surface area contributed by atoms with E-state index in [1.807, 2.05) is 0 Å². The number of carbonyl (C=O) groups excluding carboxylic acids is 1. The summed E-state index contributed by atoms with van der Waals surface area (Å²) >= 11 is 0. The molecule has 1 aliphatic rings. The molecule has 0 spiro atoms. The second-order valence-electron chi connectivity index (χ2n) is 5.48. The summed E-state index contributed by atoms with van der Waals surface area (Å²) in [5.74, 6) is -0.343. The Hall–Kier alpha value is -1.66. The van der Waals surface area contributed by atoms with Crippen LogP contribution in [-0.2, 0) is 14.6 Å². The molecule has 1 saturated heterocycles. The smallest absolute Gasteiger partial charge is 0.247 e. The first kappa shape index (κ1) is 15.7. The van der Waals surface area contributed by atoms with Gasteiger partial charge >= 0.3 is 0 Å². The standard InChI is InChI=1S/C15H19NO4S/c1-15(18)8-10-16(11-9-15)14(17)7-12-21(19,20)13-5-3-2-4-6-13/h2-7,12,18H,8-11H2,1H3/b12-7+. The summed E-state index contributed by atoms with van der Waals surface area (Å²) in [5, 5.41) is 10.8. The first-order valence-electron chi connectivity index (χ1n) is 6.80. The van der Waals surface area contributed by atoms with E-state index in [1.54, 1.807) is 30.0 Å². The van der Waals surface area contributed by atoms with Gasteiger partial charge in [-0.3, -0.25) is 4.79 Å². The largest absolute Gasteiger partial charge is 0.390 e. The van der Waals surface area contributed by atoms with E-state index in [0.717, 1.165) is 11.5 Å². The number of nitrogens with zero attached hydrogens (tertiary/aromatic N) is 1. The van der Waals surface area contributed by atoms with Crippen molar-refractivity contribution < 1.29 is 18.3 Å². The molecule has 0 aromatic heterocycles. The van der Waals surface area contributed by atoms with Gasteiger partial charge < -0.3 is 10.0 Å². The zero-order valence-corrected chi connectivity index (χ0v) is 12.7. The van der Waals surface area contributed by atoms with Crippen molar-refractivity contribution in [3.05, 3.63) is 41.8 Å². The van der Waals surface area contributed by atoms with E-state index in [0.29, 0.717) is 25.9 Å². The molecule has 114 valence electrons. The van der Waals surface area contributed by atoms with E-state index in [2.05, 4.69) is 0 Å². The van der Waals surface area contributed by atoms with Crippen LogP contribution in [0.4, 0.5) is 0 Å². The maximum atomic E-state index is 12.0. The van der Waals surface area contributed by atoms with Crippen molar-refractivity contribution in [2.45, 2.75) is 30.3 Å². The second-order valence-corrected chi connectivity index (χ2v) is 7.32. The van der Waals surface area contributed by atoms with Gasteiger partial charge in [0.2, 0.25) is 5.91 Å². The van der Waals surface area contributed by atoms with Crippen molar-refractivity contribution in [2.75, 3.05) is 13.1 Å². The minimum Gasteiger partial charge on any atom is -0.390 e. The zero-order chi connectivity index (χ0) is 15.5. The van der Waals surface area contributed by atoms with E-state index < -0.39 is 15.4 Å². The predicted molar refractivity (Wildman–Crippen MR) is 79.2 cm³/mol. The van der Waals surface area contributed by atoms with Gasteiger partial charge in [-0.2, -0.15) is 0 Å². The number of rotatable bonds is 3. The summed E-state index contributed by atoms with van der Waals surface area (Å²) in [6.45, 7) is 2.60. The molecule has 0 saturated carbocycles. The van der Waals surface area contributed by atoms with Gasteiger partial charge in [-0.15, -0.1) is 0 Å². The molecule has 6 heteroatoms. The lowest BCUT2D eigenvalue weighted by Crippen LogP contribution is -2.44. The van der Waals surface area contributed by atoms with E-state index in [1.165, 1.54) is 12.1 Å². The molecule has 1 amide bonds. The van der Waals surface area contributed by atoms with Gasteiger partial charge in [0.1, 0.15) is 0 Å². The van der Waals surface area contributed by atoms with Gasteiger partial charge in [-0.1, -0.05) is 18.2 Å². The van der Waals surface area contributed by atoms with Crippen LogP contribution in [0.3, 0.4) is 0 Å². The first-order valence-corrected chi connectivity index (χ1v) is 8.34. The highest BCUT2D eigenvalue weighted by molar-refractivity contribution is 7.94. The fourth-order valence-electron chi connectivity index (χ4n) is 2.15. The molecule has 2 rings (SSSR count). The monoisotopic (exact) mass is 309 g/mol. The number of benzene rings is 1. The molecule has 1 aromatic carbocycles. The van der Waals surface area contributed by atoms with Gasteiger partial charge in [0.15, 0.2) is 9.84 Å². The Morgan fingerprint density at radius 3 is 2.38 bits per heavy atom. The number of piperidine rings is 1. The number of amides is 1. The molecule has 1 fully saturated rings. The molecular formula is C15H19NO4S. The van der Waals surface area contributed by atoms with Gasteiger partial charge in [-0.05, 0) is 31.9 Å². The number of sulfone groups is 1. The molecule has 5 nitrogen and oxygen atoms in total. The highest BCUT2D eigenvalue weighted by atomic mass is 32.2. The average Bonchev–Trinajstić information content (AvgIpc) is 2.46. The van der Waals surface area contributed by atoms with Crippen LogP contribution >= 0.6 is 0 Å². The van der Waals surface area contributed by atoms with Crippen molar-refractivity contribution >= 4 is 15.7 Å². The van der Waals surface area contributed by atoms with Crippen LogP contribution in [0.5, 0.6) is 0 Å². The highest BCUT2D eigenvalue weighted by Crippen LogP contribution is 2.21. The van der Waals surface area contributed by atoms with Crippen molar-refractivity contribution in [3.8, 4) is 0 Å². The first-order chi connectivity index (χ1) is 9.80. The number of hydrogen-bond donors (Lipinski definition) is 1. The summed E-state index contributed by atoms with van der Waals surface area (Å²) in [5.41, 5.74) is -0.739. The summed E-state index contributed by atoms with van der Waals surface area (Å²) in [6.07, 6.45) is 2.08. The molecule has 1 N–H and O–H groups in total. The molecule has 1 heterocycles. The van der Waals surface area contributed by atoms with Crippen LogP contribution in [-0.4, -0.2) is 43.0 Å². The van der Waals surface area contributed by atoms with Crippen LogP contribution < -0.4 is 0 Å². The topological polar surface area (TPSA) is 74.7 Å². The van der Waals surface area contributed by atoms with Gasteiger partial charge in [0, 0.05) is 24.6 Å². The van der Waals surface area contributed by atoms with Crippen molar-refractivity contribution in [1.29, 1.82) is 0 Å². The fourth-order valence-corrected chi connectivity index (χ4v) is 3.14. The van der Waals surface area contributed by atoms with Crippen LogP contribution in [0.25, 0.3) is 0 Å². The van der Waals surface area contributed by atoms with Crippen LogP contribution in [0, 0.1) is 0 Å². The third kappa shape index (κ3) is 4.15.